The fourth-order valence-electron chi connectivity index (χ4n) is 15.2. The van der Waals surface area contributed by atoms with E-state index in [0.29, 0.717) is 113 Å². The van der Waals surface area contributed by atoms with Crippen molar-refractivity contribution in [2.75, 3.05) is 18.8 Å². The van der Waals surface area contributed by atoms with Gasteiger partial charge in [-0.3, -0.25) is 43.2 Å². The van der Waals surface area contributed by atoms with Crippen molar-refractivity contribution < 1.29 is 51.6 Å². The molecule has 732 valence electrons. The van der Waals surface area contributed by atoms with Gasteiger partial charge in [0, 0.05) is 156 Å². The van der Waals surface area contributed by atoms with Crippen LogP contribution in [0.3, 0.4) is 0 Å². The monoisotopic (exact) mass is 1830 g/mol. The van der Waals surface area contributed by atoms with Crippen molar-refractivity contribution in [3.05, 3.63) is 202 Å². The summed E-state index contributed by atoms with van der Waals surface area (Å²) in [5.41, 5.74) is 52.6. The quantitative estimate of drug-likeness (QED) is 0.0130. The summed E-state index contributed by atoms with van der Waals surface area (Å²) in [6, 6.07) is 26.4. The number of aryl methyl sites for hydroxylation is 4. The van der Waals surface area contributed by atoms with Gasteiger partial charge in [0.15, 0.2) is 61.9 Å². The zero-order valence-electron chi connectivity index (χ0n) is 86.3. The first-order valence-corrected chi connectivity index (χ1v) is 50.5. The van der Waals surface area contributed by atoms with E-state index in [9.17, 15) is 51.6 Å². The van der Waals surface area contributed by atoms with Gasteiger partial charge in [-0.05, 0) is 219 Å². The first-order valence-electron chi connectivity index (χ1n) is 48.9. The highest BCUT2D eigenvalue weighted by Crippen LogP contribution is 2.30. The number of hydrogen-bond acceptors (Lipinski definition) is 19. The molecule has 0 bridgehead atoms. The van der Waals surface area contributed by atoms with E-state index in [0.717, 1.165) is 132 Å². The fourth-order valence-corrected chi connectivity index (χ4v) is 16.6. The van der Waals surface area contributed by atoms with Gasteiger partial charge in [0.05, 0.1) is 10.6 Å². The van der Waals surface area contributed by atoms with Crippen molar-refractivity contribution in [2.24, 2.45) is 93.6 Å². The number of rotatable bonds is 50. The molecule has 6 aromatic carbocycles. The largest absolute Gasteiger partial charge is 0.326 e. The molecule has 0 heterocycles. The second-order valence-corrected chi connectivity index (χ2v) is 41.7. The van der Waals surface area contributed by atoms with Crippen LogP contribution in [0.25, 0.3) is 0 Å². The molecule has 0 aliphatic rings. The molecule has 0 aliphatic carbocycles. The van der Waals surface area contributed by atoms with Gasteiger partial charge in [-0.1, -0.05) is 253 Å². The summed E-state index contributed by atoms with van der Waals surface area (Å²) in [4.78, 5) is 111. The van der Waals surface area contributed by atoms with Crippen molar-refractivity contribution in [3.8, 4) is 0 Å². The van der Waals surface area contributed by atoms with Crippen LogP contribution in [0.2, 0.25) is 0 Å². The minimum atomic E-state index is -3.32. The summed E-state index contributed by atoms with van der Waals surface area (Å²) in [5.74, 6) is 3.59. The SMILES string of the molecule is CC(C)CCCCCC(=O)c1ccc(C(=O)C(C)C)c(CN)c1.CC(C)CCCCCS(=O)(=O)c1ccc(C(=O)C(C)C)c(CN)c1.Cc1c(C(=O)CCCNC(C)C)ccc(C(=O)C(C)C)c1CN.Cc1c(CCC(C)C)ccc(C(=O)C(C)C)c1CN.Cc1cc(C(=O)CCCNC(C)C)cc(CN)c1C(=O)C(C)C.Cc1cc(CCC(C)C)cc(CN)c1C(=O)C(C)C. The maximum Gasteiger partial charge on any atom is 0.178 e. The van der Waals surface area contributed by atoms with E-state index in [1.54, 1.807) is 48.5 Å². The molecule has 0 radical (unpaired) electrons. The second-order valence-electron chi connectivity index (χ2n) is 39.6. The van der Waals surface area contributed by atoms with Gasteiger partial charge >= 0.3 is 0 Å². The summed E-state index contributed by atoms with van der Waals surface area (Å²) in [6.07, 6.45) is 15.8. The number of ketones is 9. The predicted octanol–water partition coefficient (Wildman–Crippen LogP) is 23.0. The average Bonchev–Trinajstić information content (AvgIpc) is 0.808. The summed E-state index contributed by atoms with van der Waals surface area (Å²) in [5, 5.41) is 6.61. The molecule has 0 fully saturated rings. The number of nitrogens with two attached hydrogens (primary N) is 6. The lowest BCUT2D eigenvalue weighted by Crippen LogP contribution is -2.24. The number of nitrogens with one attached hydrogen (secondary N) is 2. The van der Waals surface area contributed by atoms with Gasteiger partial charge in [-0.25, -0.2) is 8.42 Å². The van der Waals surface area contributed by atoms with E-state index >= 15 is 0 Å². The zero-order valence-corrected chi connectivity index (χ0v) is 87.1. The lowest BCUT2D eigenvalue weighted by molar-refractivity contribution is 0.0930. The van der Waals surface area contributed by atoms with Gasteiger partial charge < -0.3 is 45.0 Å². The minimum Gasteiger partial charge on any atom is -0.326 e. The fraction of sp³-hybridized carbons (Fsp3) is 0.595. The second kappa shape index (κ2) is 62.5. The van der Waals surface area contributed by atoms with Crippen LogP contribution in [0.4, 0.5) is 0 Å². The van der Waals surface area contributed by atoms with Crippen molar-refractivity contribution in [1.29, 1.82) is 0 Å². The number of Topliss-reactive ketones (excluding diaryl/α,β-unsaturated/α-hetero) is 9. The van der Waals surface area contributed by atoms with Gasteiger partial charge in [0.1, 0.15) is 0 Å². The highest BCUT2D eigenvalue weighted by atomic mass is 32.2. The Labute approximate surface area is 792 Å². The van der Waals surface area contributed by atoms with E-state index in [1.165, 1.54) is 48.4 Å². The number of benzene rings is 6. The molecule has 0 aromatic heterocycles. The third kappa shape index (κ3) is 42.6. The van der Waals surface area contributed by atoms with E-state index in [-0.39, 0.29) is 124 Å². The Hall–Kier alpha value is -8.02. The van der Waals surface area contributed by atoms with Gasteiger partial charge in [-0.15, -0.1) is 0 Å². The molecule has 0 saturated carbocycles. The Balaban J connectivity index is 0.000000788. The van der Waals surface area contributed by atoms with Crippen LogP contribution < -0.4 is 45.0 Å². The summed E-state index contributed by atoms with van der Waals surface area (Å²) in [7, 11) is -3.32. The van der Waals surface area contributed by atoms with Gasteiger partial charge in [0.2, 0.25) is 0 Å². The Kier molecular flexibility index (Phi) is 57.7. The first kappa shape index (κ1) is 121. The van der Waals surface area contributed by atoms with Crippen LogP contribution in [0.1, 0.15) is 422 Å². The maximum absolute atomic E-state index is 12.5. The summed E-state index contributed by atoms with van der Waals surface area (Å²) < 4.78 is 25.0. The average molecular weight is 1830 g/mol. The number of carbonyl (C=O) groups is 9. The summed E-state index contributed by atoms with van der Waals surface area (Å²) >= 11 is 0. The number of carbonyl (C=O) groups excluding carboxylic acids is 9. The van der Waals surface area contributed by atoms with Crippen LogP contribution in [0.5, 0.6) is 0 Å². The molecule has 0 aliphatic heterocycles. The Morgan fingerprint density at radius 3 is 1.10 bits per heavy atom. The molecule has 14 N–H and O–H groups in total. The number of sulfone groups is 1. The molecular formula is C111H176N8O11S. The molecule has 0 spiro atoms. The van der Waals surface area contributed by atoms with Crippen molar-refractivity contribution in [2.45, 2.75) is 359 Å². The van der Waals surface area contributed by atoms with E-state index in [1.807, 2.05) is 116 Å². The third-order valence-electron chi connectivity index (χ3n) is 23.3. The van der Waals surface area contributed by atoms with Crippen LogP contribution in [-0.2, 0) is 61.9 Å². The molecule has 6 aromatic rings. The highest BCUT2D eigenvalue weighted by Gasteiger charge is 2.26. The zero-order chi connectivity index (χ0) is 100. The topological polar surface area (TPSA) is 368 Å². The molecule has 19 nitrogen and oxygen atoms in total. The maximum atomic E-state index is 12.5. The Bertz CT molecular complexity index is 4720. The lowest BCUT2D eigenvalue weighted by atomic mass is 9.89. The standard InChI is InChI=1S/C20H31NO2.2C19H30N2O2.C19H31NO3S.2C17H27NO/c1-14(2)8-6-5-7-9-19(22)16-10-11-18(17(12-16)13-21)20(23)15(3)4;1-12(2)19(23)16-9-8-15(14(5)17(16)11-20)18(22)7-6-10-21-13(3)4;1-12(2)19(23)18-14(5)9-15(10-16(18)11-20)17(22)7-6-8-21-13(3)4;1-14(2)8-6-5-7-11-24(22,23)17-9-10-18(16(12-17)13-20)19(21)15(3)4;1-11(2)6-7-14-8-13(5)16(15(9-14)10-18)17(19)12(3)4;1-11(2)6-7-14-8-9-15(17(19)12(3)4)16(10-18)13(14)5/h10-12,14-15H,5-9,13,21H2,1-4H3;8-9,12-13,21H,6-7,10-11,20H2,1-5H3;9-10,12-13,21H,6-8,11,20H2,1-5H3;9-10,12,14-15H,5-8,11,13,20H2,1-4H3;2*8-9,11-12H,6-7,10,18H2,1-5H3. The van der Waals surface area contributed by atoms with Crippen LogP contribution in [0.15, 0.2) is 89.8 Å². The van der Waals surface area contributed by atoms with Crippen molar-refractivity contribution in [3.63, 3.8) is 0 Å². The summed E-state index contributed by atoms with van der Waals surface area (Å²) in [6.45, 7) is 60.1. The number of unbranched alkanes of at least 4 members (excludes halogenated alkanes) is 4. The predicted molar refractivity (Wildman–Crippen MR) is 547 cm³/mol. The van der Waals surface area contributed by atoms with Gasteiger partial charge in [-0.2, -0.15) is 0 Å². The Morgan fingerprint density at radius 2 is 0.664 bits per heavy atom. The normalized spacial score (nSPS) is 11.5. The van der Waals surface area contributed by atoms with E-state index in [2.05, 4.69) is 119 Å². The van der Waals surface area contributed by atoms with Gasteiger partial charge in [0.25, 0.3) is 0 Å². The third-order valence-corrected chi connectivity index (χ3v) is 25.1. The molecule has 0 amide bonds. The Morgan fingerprint density at radius 1 is 0.305 bits per heavy atom. The lowest BCUT2D eigenvalue weighted by Gasteiger charge is -2.16. The number of hydrogen-bond donors (Lipinski definition) is 8. The molecular weight excluding hydrogens is 1650 g/mol. The van der Waals surface area contributed by atoms with Crippen LogP contribution in [-0.4, -0.2) is 91.4 Å². The molecule has 20 heteroatoms. The van der Waals surface area contributed by atoms with E-state index < -0.39 is 9.84 Å². The smallest absolute Gasteiger partial charge is 0.178 e. The van der Waals surface area contributed by atoms with E-state index in [4.69, 9.17) is 34.4 Å². The van der Waals surface area contributed by atoms with Crippen molar-refractivity contribution >= 4 is 61.9 Å². The van der Waals surface area contributed by atoms with Crippen LogP contribution in [0, 0.1) is 86.9 Å². The first-order chi connectivity index (χ1) is 61.4. The highest BCUT2D eigenvalue weighted by molar-refractivity contribution is 7.91. The van der Waals surface area contributed by atoms with Crippen LogP contribution >= 0.6 is 0 Å². The molecule has 0 atom stereocenters. The molecule has 131 heavy (non-hydrogen) atoms. The molecule has 6 rings (SSSR count). The molecule has 0 saturated heterocycles. The minimum absolute atomic E-state index is 0.00640. The molecule has 0 unspecified atom stereocenters. The van der Waals surface area contributed by atoms with Crippen molar-refractivity contribution in [1.82, 2.24) is 10.6 Å².